The zero-order valence-electron chi connectivity index (χ0n) is 9.66. The maximum absolute atomic E-state index is 10.7. The number of ether oxygens (including phenoxy) is 1. The lowest BCUT2D eigenvalue weighted by Gasteiger charge is -2.13. The summed E-state index contributed by atoms with van der Waals surface area (Å²) < 4.78 is 5.32. The van der Waals surface area contributed by atoms with Gasteiger partial charge in [-0.2, -0.15) is 0 Å². The first-order valence-corrected chi connectivity index (χ1v) is 5.11. The van der Waals surface area contributed by atoms with Crippen LogP contribution in [0.1, 0.15) is 27.2 Å². The molecule has 0 saturated heterocycles. The number of carbonyl (C=O) groups is 1. The number of hydrogen-bond acceptors (Lipinski definition) is 3. The molecule has 0 radical (unpaired) electrons. The van der Waals surface area contributed by atoms with Gasteiger partial charge in [-0.05, 0) is 18.9 Å². The van der Waals surface area contributed by atoms with Crippen LogP contribution >= 0.6 is 12.4 Å². The Kier molecular flexibility index (Phi) is 11.6. The fraction of sp³-hybridized carbons (Fsp3) is 0.900. The first-order valence-electron chi connectivity index (χ1n) is 5.11. The maximum atomic E-state index is 10.7. The number of aliphatic carboxylic acids is 1. The average molecular weight is 240 g/mol. The lowest BCUT2D eigenvalue weighted by atomic mass is 10.2. The molecule has 4 nitrogen and oxygen atoms in total. The van der Waals surface area contributed by atoms with Crippen molar-refractivity contribution in [3.63, 3.8) is 0 Å². The molecule has 0 unspecified atom stereocenters. The van der Waals surface area contributed by atoms with Gasteiger partial charge < -0.3 is 15.2 Å². The molecule has 0 aliphatic carbocycles. The number of hydrogen-bond donors (Lipinski definition) is 2. The number of carboxylic acid groups (broad SMARTS) is 1. The van der Waals surface area contributed by atoms with E-state index >= 15 is 0 Å². The van der Waals surface area contributed by atoms with E-state index in [1.807, 2.05) is 6.92 Å². The molecule has 0 aromatic carbocycles. The highest BCUT2D eigenvalue weighted by atomic mass is 35.5. The smallest absolute Gasteiger partial charge is 0.320 e. The van der Waals surface area contributed by atoms with Crippen molar-refractivity contribution in [2.24, 2.45) is 5.92 Å². The van der Waals surface area contributed by atoms with Crippen LogP contribution in [0.3, 0.4) is 0 Å². The summed E-state index contributed by atoms with van der Waals surface area (Å²) in [6.07, 6.45) is 0.524. The van der Waals surface area contributed by atoms with Gasteiger partial charge >= 0.3 is 5.97 Å². The van der Waals surface area contributed by atoms with Crippen molar-refractivity contribution in [3.05, 3.63) is 0 Å². The third kappa shape index (κ3) is 9.97. The molecule has 5 heteroatoms. The van der Waals surface area contributed by atoms with E-state index in [9.17, 15) is 4.79 Å². The third-order valence-corrected chi connectivity index (χ3v) is 1.75. The van der Waals surface area contributed by atoms with E-state index in [0.717, 1.165) is 0 Å². The third-order valence-electron chi connectivity index (χ3n) is 1.75. The van der Waals surface area contributed by atoms with E-state index in [1.54, 1.807) is 0 Å². The minimum atomic E-state index is -0.806. The van der Waals surface area contributed by atoms with Crippen LogP contribution in [0.5, 0.6) is 0 Å². The Morgan fingerprint density at radius 2 is 2.07 bits per heavy atom. The maximum Gasteiger partial charge on any atom is 0.320 e. The summed E-state index contributed by atoms with van der Waals surface area (Å²) in [7, 11) is 0. The van der Waals surface area contributed by atoms with Crippen LogP contribution < -0.4 is 5.32 Å². The molecule has 0 amide bonds. The quantitative estimate of drug-likeness (QED) is 0.631. The van der Waals surface area contributed by atoms with E-state index in [2.05, 4.69) is 19.2 Å². The topological polar surface area (TPSA) is 58.6 Å². The van der Waals surface area contributed by atoms with Gasteiger partial charge in [0.2, 0.25) is 0 Å². The van der Waals surface area contributed by atoms with Crippen molar-refractivity contribution in [1.29, 1.82) is 0 Å². The van der Waals surface area contributed by atoms with Crippen LogP contribution in [0.2, 0.25) is 0 Å². The molecule has 0 aliphatic heterocycles. The van der Waals surface area contributed by atoms with Crippen LogP contribution in [0, 0.1) is 5.92 Å². The van der Waals surface area contributed by atoms with Gasteiger partial charge in [0.15, 0.2) is 0 Å². The van der Waals surface area contributed by atoms with E-state index in [4.69, 9.17) is 9.84 Å². The molecule has 0 saturated carbocycles. The largest absolute Gasteiger partial charge is 0.480 e. The van der Waals surface area contributed by atoms with E-state index in [-0.39, 0.29) is 12.4 Å². The first-order chi connectivity index (χ1) is 6.57. The molecule has 0 aromatic heterocycles. The van der Waals surface area contributed by atoms with Gasteiger partial charge in [0.25, 0.3) is 0 Å². The van der Waals surface area contributed by atoms with Crippen molar-refractivity contribution in [3.8, 4) is 0 Å². The number of rotatable bonds is 8. The second-order valence-corrected chi connectivity index (χ2v) is 3.71. The van der Waals surface area contributed by atoms with Crippen LogP contribution in [-0.4, -0.2) is 36.9 Å². The summed E-state index contributed by atoms with van der Waals surface area (Å²) >= 11 is 0. The highest BCUT2D eigenvalue weighted by molar-refractivity contribution is 5.85. The summed E-state index contributed by atoms with van der Waals surface area (Å²) in [5.41, 5.74) is 0. The molecule has 15 heavy (non-hydrogen) atoms. The predicted octanol–water partition coefficient (Wildman–Crippen LogP) is 1.53. The average Bonchev–Trinajstić information content (AvgIpc) is 2.09. The van der Waals surface area contributed by atoms with Crippen molar-refractivity contribution < 1.29 is 14.6 Å². The minimum Gasteiger partial charge on any atom is -0.480 e. The number of carboxylic acids is 1. The normalized spacial score (nSPS) is 12.3. The molecular weight excluding hydrogens is 218 g/mol. The number of nitrogens with one attached hydrogen (secondary N) is 1. The first kappa shape index (κ1) is 17.1. The van der Waals surface area contributed by atoms with Crippen LogP contribution in [0.4, 0.5) is 0 Å². The van der Waals surface area contributed by atoms with Gasteiger partial charge in [-0.1, -0.05) is 20.8 Å². The molecule has 0 bridgehead atoms. The van der Waals surface area contributed by atoms with E-state index < -0.39 is 12.0 Å². The SMILES string of the molecule is CCN[C@@H](CCOCC(C)C)C(=O)O.Cl. The fourth-order valence-corrected chi connectivity index (χ4v) is 1.08. The van der Waals surface area contributed by atoms with Crippen LogP contribution in [-0.2, 0) is 9.53 Å². The lowest BCUT2D eigenvalue weighted by molar-refractivity contribution is -0.140. The molecule has 0 aromatic rings. The molecule has 0 rings (SSSR count). The molecule has 0 spiro atoms. The minimum absolute atomic E-state index is 0. The standard InChI is InChI=1S/C10H21NO3.ClH/c1-4-11-9(10(12)13)5-6-14-7-8(2)3;/h8-9,11H,4-7H2,1-3H3,(H,12,13);1H/t9-;/m0./s1. The van der Waals surface area contributed by atoms with Gasteiger partial charge in [0.05, 0.1) is 0 Å². The zero-order chi connectivity index (χ0) is 11.0. The monoisotopic (exact) mass is 239 g/mol. The van der Waals surface area contributed by atoms with E-state index in [1.165, 1.54) is 0 Å². The van der Waals surface area contributed by atoms with Crippen molar-refractivity contribution in [2.45, 2.75) is 33.2 Å². The zero-order valence-corrected chi connectivity index (χ0v) is 10.5. The van der Waals surface area contributed by atoms with Crippen LogP contribution in [0.25, 0.3) is 0 Å². The number of halogens is 1. The Bertz CT molecular complexity index is 165. The van der Waals surface area contributed by atoms with Gasteiger partial charge in [0, 0.05) is 13.2 Å². The molecule has 1 atom stereocenters. The molecule has 0 aliphatic rings. The molecule has 92 valence electrons. The van der Waals surface area contributed by atoms with Crippen LogP contribution in [0.15, 0.2) is 0 Å². The van der Waals surface area contributed by atoms with E-state index in [0.29, 0.717) is 32.1 Å². The van der Waals surface area contributed by atoms with Crippen molar-refractivity contribution in [1.82, 2.24) is 5.32 Å². The molecule has 2 N–H and O–H groups in total. The van der Waals surface area contributed by atoms with Crippen molar-refractivity contribution in [2.75, 3.05) is 19.8 Å². The highest BCUT2D eigenvalue weighted by Gasteiger charge is 2.14. The Balaban J connectivity index is 0. The summed E-state index contributed by atoms with van der Waals surface area (Å²) in [4.78, 5) is 10.7. The summed E-state index contributed by atoms with van der Waals surface area (Å²) in [5.74, 6) is -0.308. The Hall–Kier alpha value is -0.320. The number of likely N-dealkylation sites (N-methyl/N-ethyl adjacent to an activating group) is 1. The Labute approximate surface area is 97.8 Å². The summed E-state index contributed by atoms with van der Waals surface area (Å²) in [6, 6.07) is -0.479. The summed E-state index contributed by atoms with van der Waals surface area (Å²) in [5, 5.41) is 11.7. The highest BCUT2D eigenvalue weighted by Crippen LogP contribution is 1.97. The van der Waals surface area contributed by atoms with Gasteiger partial charge in [-0.15, -0.1) is 12.4 Å². The summed E-state index contributed by atoms with van der Waals surface area (Å²) in [6.45, 7) is 7.89. The van der Waals surface area contributed by atoms with Gasteiger partial charge in [-0.25, -0.2) is 0 Å². The second-order valence-electron chi connectivity index (χ2n) is 3.71. The Morgan fingerprint density at radius 1 is 1.47 bits per heavy atom. The fourth-order valence-electron chi connectivity index (χ4n) is 1.08. The Morgan fingerprint density at radius 3 is 2.47 bits per heavy atom. The lowest BCUT2D eigenvalue weighted by Crippen LogP contribution is -2.37. The molecular formula is C10H22ClNO3. The predicted molar refractivity (Wildman–Crippen MR) is 62.6 cm³/mol. The van der Waals surface area contributed by atoms with Gasteiger partial charge in [-0.3, -0.25) is 4.79 Å². The van der Waals surface area contributed by atoms with Gasteiger partial charge in [0.1, 0.15) is 6.04 Å². The van der Waals surface area contributed by atoms with Crippen molar-refractivity contribution >= 4 is 18.4 Å². The molecule has 0 heterocycles. The second kappa shape index (κ2) is 10.2. The molecule has 0 fully saturated rings.